The van der Waals surface area contributed by atoms with Crippen LogP contribution < -0.4 is 4.73 Å². The summed E-state index contributed by atoms with van der Waals surface area (Å²) in [4.78, 5) is 14.1. The van der Waals surface area contributed by atoms with Crippen LogP contribution >= 0.6 is 0 Å². The minimum Gasteiger partial charge on any atom is -0.619 e. The first-order chi connectivity index (χ1) is 8.06. The molecule has 0 bridgehead atoms. The van der Waals surface area contributed by atoms with E-state index in [2.05, 4.69) is 13.8 Å². The number of hydrogen-bond donors (Lipinski definition) is 0. The number of carbonyl (C=O) groups excluding carboxylic acids is 1. The second-order valence-electron chi connectivity index (χ2n) is 5.10. The number of pyridine rings is 1. The molecule has 92 valence electrons. The maximum atomic E-state index is 12.2. The van der Waals surface area contributed by atoms with Crippen LogP contribution in [0.15, 0.2) is 24.5 Å². The highest BCUT2D eigenvalue weighted by Gasteiger charge is 2.26. The summed E-state index contributed by atoms with van der Waals surface area (Å²) in [7, 11) is 0. The summed E-state index contributed by atoms with van der Waals surface area (Å²) in [5.41, 5.74) is 0.596. The van der Waals surface area contributed by atoms with Crippen molar-refractivity contribution in [1.82, 2.24) is 4.90 Å². The minimum absolute atomic E-state index is 0.0315. The van der Waals surface area contributed by atoms with Gasteiger partial charge in [0.15, 0.2) is 12.4 Å². The second-order valence-corrected chi connectivity index (χ2v) is 5.10. The van der Waals surface area contributed by atoms with E-state index >= 15 is 0 Å². The summed E-state index contributed by atoms with van der Waals surface area (Å²) >= 11 is 0. The van der Waals surface area contributed by atoms with E-state index in [-0.39, 0.29) is 5.91 Å². The molecule has 0 aliphatic carbocycles. The predicted molar refractivity (Wildman–Crippen MR) is 64.3 cm³/mol. The lowest BCUT2D eigenvalue weighted by molar-refractivity contribution is -0.605. The molecular weight excluding hydrogens is 216 g/mol. The van der Waals surface area contributed by atoms with Gasteiger partial charge in [-0.05, 0) is 18.3 Å². The van der Waals surface area contributed by atoms with Crippen LogP contribution in [0, 0.1) is 17.0 Å². The summed E-state index contributed by atoms with van der Waals surface area (Å²) in [6.45, 7) is 5.98. The zero-order chi connectivity index (χ0) is 12.4. The molecule has 0 radical (unpaired) electrons. The molecule has 1 aliphatic rings. The maximum Gasteiger partial charge on any atom is 0.254 e. The van der Waals surface area contributed by atoms with Crippen molar-refractivity contribution in [3.05, 3.63) is 35.3 Å². The van der Waals surface area contributed by atoms with E-state index in [0.717, 1.165) is 13.1 Å². The topological polar surface area (TPSA) is 47.2 Å². The third-order valence-electron chi connectivity index (χ3n) is 3.21. The Labute approximate surface area is 101 Å². The quantitative estimate of drug-likeness (QED) is 0.545. The van der Waals surface area contributed by atoms with Crippen molar-refractivity contribution in [2.45, 2.75) is 20.3 Å². The van der Waals surface area contributed by atoms with Crippen LogP contribution in [-0.2, 0) is 0 Å². The number of aromatic nitrogens is 1. The normalized spacial score (nSPS) is 24.7. The lowest BCUT2D eigenvalue weighted by Gasteiger charge is -2.35. The minimum atomic E-state index is 0.0315. The van der Waals surface area contributed by atoms with Crippen molar-refractivity contribution < 1.29 is 9.52 Å². The van der Waals surface area contributed by atoms with Gasteiger partial charge in [0, 0.05) is 25.2 Å². The molecule has 1 aliphatic heterocycles. The van der Waals surface area contributed by atoms with Crippen LogP contribution in [0.4, 0.5) is 0 Å². The van der Waals surface area contributed by atoms with E-state index in [4.69, 9.17) is 0 Å². The molecule has 0 spiro atoms. The fourth-order valence-corrected chi connectivity index (χ4v) is 2.57. The Morgan fingerprint density at radius 2 is 1.82 bits per heavy atom. The van der Waals surface area contributed by atoms with Crippen molar-refractivity contribution in [3.63, 3.8) is 0 Å². The van der Waals surface area contributed by atoms with Gasteiger partial charge in [-0.3, -0.25) is 4.79 Å². The van der Waals surface area contributed by atoms with Gasteiger partial charge in [0.05, 0.1) is 5.56 Å². The molecule has 2 unspecified atom stereocenters. The number of rotatable bonds is 1. The van der Waals surface area contributed by atoms with Gasteiger partial charge >= 0.3 is 0 Å². The van der Waals surface area contributed by atoms with Crippen molar-refractivity contribution >= 4 is 5.91 Å². The summed E-state index contributed by atoms with van der Waals surface area (Å²) in [6.07, 6.45) is 3.91. The van der Waals surface area contributed by atoms with Crippen LogP contribution in [0.5, 0.6) is 0 Å². The predicted octanol–water partition coefficient (Wildman–Crippen LogP) is 1.44. The largest absolute Gasteiger partial charge is 0.619 e. The first-order valence-electron chi connectivity index (χ1n) is 6.04. The Bertz CT molecular complexity index is 392. The number of likely N-dealkylation sites (tertiary alicyclic amines) is 1. The monoisotopic (exact) mass is 234 g/mol. The standard InChI is InChI=1S/C13H18N2O2/c1-10-7-11(2)9-14(8-10)13(16)12-3-5-15(17)6-4-12/h3-6,10-11H,7-9H2,1-2H3. The molecule has 1 saturated heterocycles. The molecule has 1 aromatic rings. The Hall–Kier alpha value is -1.58. The van der Waals surface area contributed by atoms with E-state index in [0.29, 0.717) is 22.1 Å². The van der Waals surface area contributed by atoms with Crippen molar-refractivity contribution in [2.75, 3.05) is 13.1 Å². The molecule has 2 rings (SSSR count). The molecule has 4 nitrogen and oxygen atoms in total. The van der Waals surface area contributed by atoms with Crippen molar-refractivity contribution in [2.24, 2.45) is 11.8 Å². The van der Waals surface area contributed by atoms with Gasteiger partial charge in [0.2, 0.25) is 0 Å². The highest BCUT2D eigenvalue weighted by molar-refractivity contribution is 5.94. The number of carbonyl (C=O) groups is 1. The molecule has 1 fully saturated rings. The Balaban J connectivity index is 2.11. The molecule has 2 atom stereocenters. The Kier molecular flexibility index (Phi) is 3.31. The number of piperidine rings is 1. The van der Waals surface area contributed by atoms with Gasteiger partial charge in [0.1, 0.15) is 0 Å². The third kappa shape index (κ3) is 2.75. The lowest BCUT2D eigenvalue weighted by Crippen LogP contribution is -2.42. The summed E-state index contributed by atoms with van der Waals surface area (Å²) in [6, 6.07) is 3.17. The van der Waals surface area contributed by atoms with Crippen LogP contribution in [0.3, 0.4) is 0 Å². The van der Waals surface area contributed by atoms with Crippen molar-refractivity contribution in [3.8, 4) is 0 Å². The number of hydrogen-bond acceptors (Lipinski definition) is 2. The number of amides is 1. The molecule has 0 N–H and O–H groups in total. The van der Waals surface area contributed by atoms with Gasteiger partial charge in [-0.15, -0.1) is 0 Å². The van der Waals surface area contributed by atoms with Gasteiger partial charge in [-0.25, -0.2) is 0 Å². The molecular formula is C13H18N2O2. The van der Waals surface area contributed by atoms with Gasteiger partial charge in [-0.1, -0.05) is 13.8 Å². The fourth-order valence-electron chi connectivity index (χ4n) is 2.57. The van der Waals surface area contributed by atoms with E-state index in [9.17, 15) is 10.0 Å². The van der Waals surface area contributed by atoms with Crippen LogP contribution in [0.2, 0.25) is 0 Å². The lowest BCUT2D eigenvalue weighted by atomic mass is 9.91. The summed E-state index contributed by atoms with van der Waals surface area (Å²) in [5, 5.41) is 10.9. The fraction of sp³-hybridized carbons (Fsp3) is 0.538. The molecule has 17 heavy (non-hydrogen) atoms. The average Bonchev–Trinajstić information content (AvgIpc) is 2.28. The van der Waals surface area contributed by atoms with Crippen LogP contribution in [0.25, 0.3) is 0 Å². The summed E-state index contributed by atoms with van der Waals surface area (Å²) in [5.74, 6) is 1.13. The maximum absolute atomic E-state index is 12.2. The SMILES string of the molecule is CC1CC(C)CN(C(=O)c2cc[n+]([O-])cc2)C1. The second kappa shape index (κ2) is 4.73. The first kappa shape index (κ1) is 11.9. The first-order valence-corrected chi connectivity index (χ1v) is 6.04. The highest BCUT2D eigenvalue weighted by atomic mass is 16.5. The highest BCUT2D eigenvalue weighted by Crippen LogP contribution is 2.22. The van der Waals surface area contributed by atoms with Crippen LogP contribution in [0.1, 0.15) is 30.6 Å². The van der Waals surface area contributed by atoms with Gasteiger partial charge < -0.3 is 10.1 Å². The molecule has 1 aromatic heterocycles. The number of nitrogens with zero attached hydrogens (tertiary/aromatic N) is 2. The molecule has 1 amide bonds. The molecule has 0 saturated carbocycles. The van der Waals surface area contributed by atoms with Gasteiger partial charge in [0.25, 0.3) is 5.91 Å². The van der Waals surface area contributed by atoms with Crippen molar-refractivity contribution in [1.29, 1.82) is 0 Å². The summed E-state index contributed by atoms with van der Waals surface area (Å²) < 4.78 is 0.693. The van der Waals surface area contributed by atoms with E-state index < -0.39 is 0 Å². The van der Waals surface area contributed by atoms with E-state index in [1.54, 1.807) is 12.1 Å². The molecule has 0 aromatic carbocycles. The van der Waals surface area contributed by atoms with E-state index in [1.807, 2.05) is 4.90 Å². The molecule has 2 heterocycles. The molecule has 4 heteroatoms. The zero-order valence-electron chi connectivity index (χ0n) is 10.3. The van der Waals surface area contributed by atoms with E-state index in [1.165, 1.54) is 18.8 Å². The Morgan fingerprint density at radius 1 is 1.29 bits per heavy atom. The average molecular weight is 234 g/mol. The smallest absolute Gasteiger partial charge is 0.254 e. The van der Waals surface area contributed by atoms with Gasteiger partial charge in [-0.2, -0.15) is 4.73 Å². The Morgan fingerprint density at radius 3 is 2.35 bits per heavy atom. The third-order valence-corrected chi connectivity index (χ3v) is 3.21. The van der Waals surface area contributed by atoms with Crippen LogP contribution in [-0.4, -0.2) is 23.9 Å². The zero-order valence-corrected chi connectivity index (χ0v) is 10.3.